The first kappa shape index (κ1) is 15.0. The van der Waals surface area contributed by atoms with Crippen LogP contribution in [0.25, 0.3) is 0 Å². The highest BCUT2D eigenvalue weighted by Gasteiger charge is 2.42. The van der Waals surface area contributed by atoms with Gasteiger partial charge < -0.3 is 5.11 Å². The molecule has 0 unspecified atom stereocenters. The van der Waals surface area contributed by atoms with Gasteiger partial charge in [0.2, 0.25) is 0 Å². The van der Waals surface area contributed by atoms with E-state index in [0.717, 1.165) is 12.1 Å². The molecule has 1 aromatic carbocycles. The summed E-state index contributed by atoms with van der Waals surface area (Å²) < 4.78 is 0. The van der Waals surface area contributed by atoms with E-state index in [1.165, 1.54) is 11.1 Å². The van der Waals surface area contributed by atoms with Gasteiger partial charge in [-0.1, -0.05) is 18.2 Å². The van der Waals surface area contributed by atoms with Gasteiger partial charge in [-0.2, -0.15) is 0 Å². The molecule has 1 aliphatic rings. The van der Waals surface area contributed by atoms with Crippen LogP contribution < -0.4 is 0 Å². The highest BCUT2D eigenvalue weighted by atomic mass is 16.4. The van der Waals surface area contributed by atoms with E-state index in [2.05, 4.69) is 57.7 Å². The molecule has 110 valence electrons. The standard InChI is InChI=1S/C17H25NO2/c1-11-6-7-13(8-12(11)2)14-9-18(17(3,4)5)10-15(14)16(19)20/h6-8,14-15H,9-10H2,1-5H3,(H,19,20)/t14-,15+/m1/s1. The van der Waals surface area contributed by atoms with Crippen LogP contribution in [-0.4, -0.2) is 34.6 Å². The van der Waals surface area contributed by atoms with Crippen LogP contribution in [-0.2, 0) is 4.79 Å². The number of nitrogens with zero attached hydrogens (tertiary/aromatic N) is 1. The van der Waals surface area contributed by atoms with Gasteiger partial charge in [0.25, 0.3) is 0 Å². The molecule has 20 heavy (non-hydrogen) atoms. The van der Waals surface area contributed by atoms with Gasteiger partial charge in [0.1, 0.15) is 0 Å². The minimum atomic E-state index is -0.681. The molecular formula is C17H25NO2. The Morgan fingerprint density at radius 2 is 1.85 bits per heavy atom. The van der Waals surface area contributed by atoms with E-state index in [1.807, 2.05) is 0 Å². The monoisotopic (exact) mass is 275 g/mol. The first-order chi connectivity index (χ1) is 9.20. The first-order valence-electron chi connectivity index (χ1n) is 7.25. The van der Waals surface area contributed by atoms with Crippen LogP contribution in [0.5, 0.6) is 0 Å². The molecule has 3 heteroatoms. The van der Waals surface area contributed by atoms with Crippen molar-refractivity contribution in [2.45, 2.75) is 46.1 Å². The third-order valence-electron chi connectivity index (χ3n) is 4.54. The molecule has 2 atom stereocenters. The van der Waals surface area contributed by atoms with Crippen molar-refractivity contribution in [3.05, 3.63) is 34.9 Å². The van der Waals surface area contributed by atoms with Crippen molar-refractivity contribution in [2.75, 3.05) is 13.1 Å². The Hall–Kier alpha value is -1.35. The number of carbonyl (C=O) groups is 1. The van der Waals surface area contributed by atoms with Crippen LogP contribution >= 0.6 is 0 Å². The number of aryl methyl sites for hydroxylation is 2. The summed E-state index contributed by atoms with van der Waals surface area (Å²) in [5.41, 5.74) is 3.67. The minimum absolute atomic E-state index is 0.0161. The van der Waals surface area contributed by atoms with Gasteiger partial charge in [-0.3, -0.25) is 9.69 Å². The average Bonchev–Trinajstić information content (AvgIpc) is 2.77. The third kappa shape index (κ3) is 2.88. The van der Waals surface area contributed by atoms with Gasteiger partial charge in [-0.15, -0.1) is 0 Å². The molecule has 0 saturated carbocycles. The number of benzene rings is 1. The molecule has 1 N–H and O–H groups in total. The quantitative estimate of drug-likeness (QED) is 0.901. The van der Waals surface area contributed by atoms with Gasteiger partial charge in [-0.25, -0.2) is 0 Å². The van der Waals surface area contributed by atoms with Crippen LogP contribution in [0.2, 0.25) is 0 Å². The lowest BCUT2D eigenvalue weighted by molar-refractivity contribution is -0.141. The molecule has 0 bridgehead atoms. The summed E-state index contributed by atoms with van der Waals surface area (Å²) in [6.07, 6.45) is 0. The summed E-state index contributed by atoms with van der Waals surface area (Å²) in [4.78, 5) is 13.9. The molecule has 0 spiro atoms. The molecule has 1 saturated heterocycles. The summed E-state index contributed by atoms with van der Waals surface area (Å²) in [7, 11) is 0. The van der Waals surface area contributed by atoms with Crippen LogP contribution in [0.1, 0.15) is 43.4 Å². The average molecular weight is 275 g/mol. The van der Waals surface area contributed by atoms with Gasteiger partial charge in [0.05, 0.1) is 5.92 Å². The molecule has 1 fully saturated rings. The van der Waals surface area contributed by atoms with E-state index in [4.69, 9.17) is 0 Å². The maximum absolute atomic E-state index is 11.6. The van der Waals surface area contributed by atoms with Crippen LogP contribution in [0.15, 0.2) is 18.2 Å². The Balaban J connectivity index is 2.32. The minimum Gasteiger partial charge on any atom is -0.481 e. The van der Waals surface area contributed by atoms with Gasteiger partial charge in [0, 0.05) is 24.5 Å². The van der Waals surface area contributed by atoms with E-state index in [-0.39, 0.29) is 17.4 Å². The molecular weight excluding hydrogens is 250 g/mol. The molecule has 2 rings (SSSR count). The molecule has 0 aromatic heterocycles. The second kappa shape index (κ2) is 5.21. The highest BCUT2D eigenvalue weighted by Crippen LogP contribution is 2.36. The van der Waals surface area contributed by atoms with E-state index in [9.17, 15) is 9.90 Å². The molecule has 3 nitrogen and oxygen atoms in total. The van der Waals surface area contributed by atoms with Crippen molar-refractivity contribution in [3.63, 3.8) is 0 Å². The third-order valence-corrected chi connectivity index (χ3v) is 4.54. The number of hydrogen-bond donors (Lipinski definition) is 1. The van der Waals surface area contributed by atoms with E-state index in [1.54, 1.807) is 0 Å². The Kier molecular flexibility index (Phi) is 3.92. The predicted octanol–water partition coefficient (Wildman–Crippen LogP) is 3.20. The summed E-state index contributed by atoms with van der Waals surface area (Å²) in [5.74, 6) is -0.901. The number of carboxylic acid groups (broad SMARTS) is 1. The van der Waals surface area contributed by atoms with Crippen LogP contribution in [0, 0.1) is 19.8 Å². The molecule has 1 aromatic rings. The SMILES string of the molecule is Cc1ccc([C@H]2CN(C(C)(C)C)C[C@@H]2C(=O)O)cc1C. The second-order valence-electron chi connectivity index (χ2n) is 6.97. The fraction of sp³-hybridized carbons (Fsp3) is 0.588. The first-order valence-corrected chi connectivity index (χ1v) is 7.25. The normalized spacial score (nSPS) is 24.1. The van der Waals surface area contributed by atoms with Crippen molar-refractivity contribution in [1.82, 2.24) is 4.90 Å². The Labute approximate surface area is 121 Å². The van der Waals surface area contributed by atoms with Crippen molar-refractivity contribution >= 4 is 5.97 Å². The Morgan fingerprint density at radius 1 is 1.20 bits per heavy atom. The van der Waals surface area contributed by atoms with Gasteiger partial charge >= 0.3 is 5.97 Å². The summed E-state index contributed by atoms with van der Waals surface area (Å²) in [6, 6.07) is 6.35. The number of likely N-dealkylation sites (tertiary alicyclic amines) is 1. The summed E-state index contributed by atoms with van der Waals surface area (Å²) in [5, 5.41) is 9.53. The fourth-order valence-electron chi connectivity index (χ4n) is 2.93. The van der Waals surface area contributed by atoms with Crippen molar-refractivity contribution in [2.24, 2.45) is 5.92 Å². The van der Waals surface area contributed by atoms with Gasteiger partial charge in [-0.05, 0) is 51.3 Å². The number of hydrogen-bond acceptors (Lipinski definition) is 2. The van der Waals surface area contributed by atoms with E-state index in [0.29, 0.717) is 6.54 Å². The fourth-order valence-corrected chi connectivity index (χ4v) is 2.93. The summed E-state index contributed by atoms with van der Waals surface area (Å²) in [6.45, 7) is 12.1. The zero-order chi connectivity index (χ0) is 15.1. The van der Waals surface area contributed by atoms with Crippen LogP contribution in [0.4, 0.5) is 0 Å². The zero-order valence-electron chi connectivity index (χ0n) is 13.1. The largest absolute Gasteiger partial charge is 0.481 e. The number of carboxylic acids is 1. The maximum Gasteiger partial charge on any atom is 0.308 e. The molecule has 1 heterocycles. The molecule has 0 radical (unpaired) electrons. The topological polar surface area (TPSA) is 40.5 Å². The van der Waals surface area contributed by atoms with Crippen molar-refractivity contribution in [1.29, 1.82) is 0 Å². The van der Waals surface area contributed by atoms with Crippen molar-refractivity contribution in [3.8, 4) is 0 Å². The van der Waals surface area contributed by atoms with Crippen molar-refractivity contribution < 1.29 is 9.90 Å². The van der Waals surface area contributed by atoms with E-state index >= 15 is 0 Å². The zero-order valence-corrected chi connectivity index (χ0v) is 13.1. The number of aliphatic carboxylic acids is 1. The number of rotatable bonds is 2. The lowest BCUT2D eigenvalue weighted by atomic mass is 9.87. The smallest absolute Gasteiger partial charge is 0.308 e. The Morgan fingerprint density at radius 3 is 2.35 bits per heavy atom. The van der Waals surface area contributed by atoms with Crippen LogP contribution in [0.3, 0.4) is 0 Å². The highest BCUT2D eigenvalue weighted by molar-refractivity contribution is 5.72. The lowest BCUT2D eigenvalue weighted by Gasteiger charge is -2.31. The molecule has 1 aliphatic heterocycles. The summed E-state index contributed by atoms with van der Waals surface area (Å²) >= 11 is 0. The Bertz CT molecular complexity index is 516. The maximum atomic E-state index is 11.6. The predicted molar refractivity (Wildman–Crippen MR) is 81.1 cm³/mol. The van der Waals surface area contributed by atoms with E-state index < -0.39 is 5.97 Å². The van der Waals surface area contributed by atoms with Gasteiger partial charge in [0.15, 0.2) is 0 Å². The lowest BCUT2D eigenvalue weighted by Crippen LogP contribution is -2.40. The second-order valence-corrected chi connectivity index (χ2v) is 6.97. The molecule has 0 aliphatic carbocycles. The molecule has 0 amide bonds.